The Morgan fingerprint density at radius 1 is 1.35 bits per heavy atom. The summed E-state index contributed by atoms with van der Waals surface area (Å²) in [7, 11) is 3.22. The molecular weight excluding hydrogens is 298 g/mol. The molecule has 0 spiro atoms. The predicted molar refractivity (Wildman–Crippen MR) is 85.4 cm³/mol. The van der Waals surface area contributed by atoms with Crippen molar-refractivity contribution in [3.63, 3.8) is 0 Å². The monoisotopic (exact) mass is 321 g/mol. The van der Waals surface area contributed by atoms with Gasteiger partial charge < -0.3 is 15.2 Å². The Morgan fingerprint density at radius 3 is 2.70 bits per heavy atom. The maximum absolute atomic E-state index is 12.1. The van der Waals surface area contributed by atoms with Crippen LogP contribution in [0.25, 0.3) is 0 Å². The minimum Gasteiger partial charge on any atom is -0.497 e. The van der Waals surface area contributed by atoms with Crippen LogP contribution in [0.5, 0.6) is 11.5 Å². The van der Waals surface area contributed by atoms with Gasteiger partial charge in [0.15, 0.2) is 0 Å². The average Bonchev–Trinajstić information content (AvgIpc) is 3.01. The summed E-state index contributed by atoms with van der Waals surface area (Å²) < 4.78 is 10.7. The van der Waals surface area contributed by atoms with Gasteiger partial charge in [0.1, 0.15) is 11.5 Å². The summed E-state index contributed by atoms with van der Waals surface area (Å²) in [6.45, 7) is 2.54. The summed E-state index contributed by atoms with van der Waals surface area (Å²) in [5.41, 5.74) is 6.03. The molecular formula is C16H23N3O4. The molecule has 7 heteroatoms. The van der Waals surface area contributed by atoms with Crippen molar-refractivity contribution in [1.29, 1.82) is 0 Å². The molecule has 3 N–H and O–H groups in total. The van der Waals surface area contributed by atoms with Crippen LogP contribution in [0.2, 0.25) is 0 Å². The maximum Gasteiger partial charge on any atom is 0.318 e. The molecule has 1 fully saturated rings. The van der Waals surface area contributed by atoms with Gasteiger partial charge in [0.2, 0.25) is 5.91 Å². The molecule has 1 saturated heterocycles. The zero-order valence-electron chi connectivity index (χ0n) is 13.7. The molecule has 0 aromatic heterocycles. The molecule has 0 saturated carbocycles. The first-order valence-corrected chi connectivity index (χ1v) is 7.56. The first kappa shape index (κ1) is 17.1. The number of methoxy groups -OCH3 is 2. The van der Waals surface area contributed by atoms with Gasteiger partial charge in [-0.15, -0.1) is 0 Å². The number of imide groups is 1. The van der Waals surface area contributed by atoms with E-state index in [1.54, 1.807) is 21.1 Å². The third-order valence-electron chi connectivity index (χ3n) is 4.22. The van der Waals surface area contributed by atoms with Crippen molar-refractivity contribution < 1.29 is 19.1 Å². The Hall–Kier alpha value is -2.28. The number of benzene rings is 1. The van der Waals surface area contributed by atoms with Gasteiger partial charge in [-0.2, -0.15) is 0 Å². The zero-order valence-corrected chi connectivity index (χ0v) is 13.7. The average molecular weight is 321 g/mol. The first-order valence-electron chi connectivity index (χ1n) is 7.56. The van der Waals surface area contributed by atoms with Gasteiger partial charge in [0, 0.05) is 17.7 Å². The third kappa shape index (κ3) is 3.73. The summed E-state index contributed by atoms with van der Waals surface area (Å²) in [5.74, 6) is 1.05. The Bertz CT molecular complexity index is 591. The van der Waals surface area contributed by atoms with Crippen molar-refractivity contribution in [3.05, 3.63) is 23.8 Å². The molecule has 1 aromatic carbocycles. The van der Waals surface area contributed by atoms with E-state index < -0.39 is 18.0 Å². The molecule has 0 radical (unpaired) electrons. The fraction of sp³-hybridized carbons (Fsp3) is 0.500. The minimum absolute atomic E-state index is 0.0458. The van der Waals surface area contributed by atoms with Crippen LogP contribution in [0.4, 0.5) is 4.79 Å². The van der Waals surface area contributed by atoms with Crippen molar-refractivity contribution in [1.82, 2.24) is 10.2 Å². The Morgan fingerprint density at radius 2 is 2.09 bits per heavy atom. The third-order valence-corrected chi connectivity index (χ3v) is 4.22. The highest BCUT2D eigenvalue weighted by atomic mass is 16.5. The lowest BCUT2D eigenvalue weighted by Crippen LogP contribution is -2.48. The Labute approximate surface area is 135 Å². The molecule has 1 heterocycles. The SMILES string of the molecule is COc1ccc([C@H]2CCCN2[C@@H](C)C(=O)NC(N)=O)c(OC)c1. The minimum atomic E-state index is -0.834. The molecule has 1 aliphatic heterocycles. The van der Waals surface area contributed by atoms with Crippen molar-refractivity contribution in [3.8, 4) is 11.5 Å². The number of nitrogens with two attached hydrogens (primary N) is 1. The highest BCUT2D eigenvalue weighted by Gasteiger charge is 2.34. The molecule has 0 aliphatic carbocycles. The van der Waals surface area contributed by atoms with Crippen LogP contribution >= 0.6 is 0 Å². The lowest BCUT2D eigenvalue weighted by Gasteiger charge is -2.30. The normalized spacial score (nSPS) is 19.2. The lowest BCUT2D eigenvalue weighted by molar-refractivity contribution is -0.125. The zero-order chi connectivity index (χ0) is 17.0. The highest BCUT2D eigenvalue weighted by molar-refractivity contribution is 5.96. The largest absolute Gasteiger partial charge is 0.497 e. The number of carbonyl (C=O) groups is 2. The van der Waals surface area contributed by atoms with Crippen LogP contribution in [-0.4, -0.2) is 43.6 Å². The number of amides is 3. The van der Waals surface area contributed by atoms with E-state index in [1.165, 1.54) is 0 Å². The molecule has 1 aromatic rings. The van der Waals surface area contributed by atoms with Crippen LogP contribution in [-0.2, 0) is 4.79 Å². The Kier molecular flexibility index (Phi) is 5.44. The first-order chi connectivity index (χ1) is 11.0. The second-order valence-corrected chi connectivity index (χ2v) is 5.53. The topological polar surface area (TPSA) is 93.9 Å². The summed E-state index contributed by atoms with van der Waals surface area (Å²) in [6, 6.07) is 4.42. The van der Waals surface area contributed by atoms with Crippen LogP contribution in [0.3, 0.4) is 0 Å². The molecule has 0 bridgehead atoms. The van der Waals surface area contributed by atoms with Gasteiger partial charge in [0.25, 0.3) is 0 Å². The summed E-state index contributed by atoms with van der Waals surface area (Å²) in [6.07, 6.45) is 1.88. The van der Waals surface area contributed by atoms with E-state index in [0.29, 0.717) is 0 Å². The number of likely N-dealkylation sites (tertiary alicyclic amines) is 1. The van der Waals surface area contributed by atoms with Gasteiger partial charge in [-0.05, 0) is 32.4 Å². The van der Waals surface area contributed by atoms with E-state index in [4.69, 9.17) is 15.2 Å². The number of urea groups is 1. The number of hydrogen-bond donors (Lipinski definition) is 2. The van der Waals surface area contributed by atoms with Crippen molar-refractivity contribution in [2.45, 2.75) is 31.8 Å². The van der Waals surface area contributed by atoms with E-state index in [-0.39, 0.29) is 6.04 Å². The number of hydrogen-bond acceptors (Lipinski definition) is 5. The number of nitrogens with zero attached hydrogens (tertiary/aromatic N) is 1. The molecule has 126 valence electrons. The van der Waals surface area contributed by atoms with Crippen LogP contribution in [0.1, 0.15) is 31.4 Å². The molecule has 2 rings (SSSR count). The van der Waals surface area contributed by atoms with Crippen LogP contribution in [0, 0.1) is 0 Å². The molecule has 7 nitrogen and oxygen atoms in total. The fourth-order valence-corrected chi connectivity index (χ4v) is 3.06. The van der Waals surface area contributed by atoms with Crippen LogP contribution < -0.4 is 20.5 Å². The van der Waals surface area contributed by atoms with E-state index in [9.17, 15) is 9.59 Å². The van der Waals surface area contributed by atoms with Gasteiger partial charge in [-0.25, -0.2) is 4.79 Å². The summed E-state index contributed by atoms with van der Waals surface area (Å²) >= 11 is 0. The second-order valence-electron chi connectivity index (χ2n) is 5.53. The fourth-order valence-electron chi connectivity index (χ4n) is 3.06. The van der Waals surface area contributed by atoms with Crippen LogP contribution in [0.15, 0.2) is 18.2 Å². The predicted octanol–water partition coefficient (Wildman–Crippen LogP) is 1.42. The second kappa shape index (κ2) is 7.32. The number of nitrogens with one attached hydrogen (secondary N) is 1. The number of ether oxygens (including phenoxy) is 2. The standard InChI is InChI=1S/C16H23N3O4/c1-10(15(20)18-16(17)21)19-8-4-5-13(19)12-7-6-11(22-2)9-14(12)23-3/h6-7,9-10,13H,4-5,8H2,1-3H3,(H3,17,18,20,21)/t10-,13+/m0/s1. The molecule has 0 unspecified atom stereocenters. The smallest absolute Gasteiger partial charge is 0.318 e. The van der Waals surface area contributed by atoms with Gasteiger partial charge >= 0.3 is 6.03 Å². The van der Waals surface area contributed by atoms with Crippen molar-refractivity contribution in [2.75, 3.05) is 20.8 Å². The van der Waals surface area contributed by atoms with E-state index in [1.807, 2.05) is 18.2 Å². The van der Waals surface area contributed by atoms with E-state index >= 15 is 0 Å². The number of rotatable bonds is 5. The number of carbonyl (C=O) groups excluding carboxylic acids is 2. The molecule has 3 amide bonds. The van der Waals surface area contributed by atoms with Gasteiger partial charge in [0.05, 0.1) is 20.3 Å². The maximum atomic E-state index is 12.1. The highest BCUT2D eigenvalue weighted by Crippen LogP contribution is 2.39. The quantitative estimate of drug-likeness (QED) is 0.855. The summed E-state index contributed by atoms with van der Waals surface area (Å²) in [4.78, 5) is 25.0. The van der Waals surface area contributed by atoms with Gasteiger partial charge in [-0.1, -0.05) is 6.07 Å². The summed E-state index contributed by atoms with van der Waals surface area (Å²) in [5, 5.41) is 2.15. The molecule has 23 heavy (non-hydrogen) atoms. The van der Waals surface area contributed by atoms with E-state index in [2.05, 4.69) is 10.2 Å². The van der Waals surface area contributed by atoms with Crippen molar-refractivity contribution >= 4 is 11.9 Å². The lowest BCUT2D eigenvalue weighted by atomic mass is 10.0. The van der Waals surface area contributed by atoms with Crippen molar-refractivity contribution in [2.24, 2.45) is 5.73 Å². The van der Waals surface area contributed by atoms with E-state index in [0.717, 1.165) is 36.4 Å². The molecule has 2 atom stereocenters. The number of primary amides is 1. The van der Waals surface area contributed by atoms with Gasteiger partial charge in [-0.3, -0.25) is 15.0 Å². The molecule has 1 aliphatic rings. The Balaban J connectivity index is 2.24.